The van der Waals surface area contributed by atoms with E-state index < -0.39 is 0 Å². The van der Waals surface area contributed by atoms with Crippen LogP contribution in [0.3, 0.4) is 0 Å². The van der Waals surface area contributed by atoms with Crippen molar-refractivity contribution in [2.24, 2.45) is 0 Å². The Labute approximate surface area is 169 Å². The lowest BCUT2D eigenvalue weighted by Gasteiger charge is -2.17. The number of hydrogen-bond donors (Lipinski definition) is 2. The number of nitrogens with zero attached hydrogens (tertiary/aromatic N) is 1. The molecule has 0 aliphatic heterocycles. The molecule has 0 bridgehead atoms. The lowest BCUT2D eigenvalue weighted by Crippen LogP contribution is -2.38. The van der Waals surface area contributed by atoms with Crippen molar-refractivity contribution in [2.45, 2.75) is 6.54 Å². The summed E-state index contributed by atoms with van der Waals surface area (Å²) in [6.45, 7) is 0.516. The Morgan fingerprint density at radius 3 is 2.50 bits per heavy atom. The van der Waals surface area contributed by atoms with Crippen molar-refractivity contribution in [3.05, 3.63) is 53.1 Å². The van der Waals surface area contributed by atoms with E-state index in [1.165, 1.54) is 7.11 Å². The third-order valence-electron chi connectivity index (χ3n) is 3.89. The number of benzene rings is 2. The molecule has 0 aliphatic carbocycles. The summed E-state index contributed by atoms with van der Waals surface area (Å²) in [6.07, 6.45) is 0. The van der Waals surface area contributed by atoms with Crippen molar-refractivity contribution < 1.29 is 19.1 Å². The molecule has 2 aromatic carbocycles. The van der Waals surface area contributed by atoms with Crippen LogP contribution in [-0.4, -0.2) is 51.1 Å². The predicted octanol–water partition coefficient (Wildman–Crippen LogP) is 2.54. The Hall–Kier alpha value is -2.77. The smallest absolute Gasteiger partial charge is 0.238 e. The zero-order valence-electron chi connectivity index (χ0n) is 16.1. The summed E-state index contributed by atoms with van der Waals surface area (Å²) in [7, 11) is 4.80. The van der Waals surface area contributed by atoms with Gasteiger partial charge in [0.15, 0.2) is 0 Å². The van der Waals surface area contributed by atoms with Crippen LogP contribution in [0.2, 0.25) is 5.02 Å². The van der Waals surface area contributed by atoms with Crippen LogP contribution in [0.5, 0.6) is 11.5 Å². The molecule has 2 rings (SSSR count). The van der Waals surface area contributed by atoms with Gasteiger partial charge in [0.2, 0.25) is 11.8 Å². The van der Waals surface area contributed by atoms with E-state index in [9.17, 15) is 9.59 Å². The van der Waals surface area contributed by atoms with Crippen LogP contribution in [0.4, 0.5) is 5.69 Å². The minimum atomic E-state index is -0.274. The molecule has 0 atom stereocenters. The highest BCUT2D eigenvalue weighted by Gasteiger charge is 2.13. The zero-order valence-corrected chi connectivity index (χ0v) is 16.9. The number of amides is 2. The van der Waals surface area contributed by atoms with Gasteiger partial charge in [-0.3, -0.25) is 14.5 Å². The van der Waals surface area contributed by atoms with E-state index in [1.807, 2.05) is 24.3 Å². The fourth-order valence-corrected chi connectivity index (χ4v) is 2.72. The minimum absolute atomic E-state index is 0.0439. The number of carbonyl (C=O) groups is 2. The third kappa shape index (κ3) is 6.75. The summed E-state index contributed by atoms with van der Waals surface area (Å²) in [5.41, 5.74) is 1.41. The molecular weight excluding hydrogens is 382 g/mol. The Morgan fingerprint density at radius 2 is 1.79 bits per heavy atom. The number of methoxy groups -OCH3 is 2. The molecule has 7 nitrogen and oxygen atoms in total. The first-order valence-electron chi connectivity index (χ1n) is 8.63. The monoisotopic (exact) mass is 405 g/mol. The van der Waals surface area contributed by atoms with Crippen LogP contribution in [0.25, 0.3) is 0 Å². The second-order valence-corrected chi connectivity index (χ2v) is 6.63. The van der Waals surface area contributed by atoms with Gasteiger partial charge in [-0.25, -0.2) is 0 Å². The number of halogens is 1. The van der Waals surface area contributed by atoms with Crippen molar-refractivity contribution in [1.82, 2.24) is 10.2 Å². The first kappa shape index (κ1) is 21.5. The molecule has 28 heavy (non-hydrogen) atoms. The van der Waals surface area contributed by atoms with Crippen LogP contribution in [-0.2, 0) is 16.1 Å². The molecule has 0 saturated heterocycles. The van der Waals surface area contributed by atoms with Gasteiger partial charge in [-0.05, 0) is 42.9 Å². The SMILES string of the molecule is COc1cccc(CNC(=O)CN(C)CC(=O)Nc2cc(Cl)ccc2OC)c1. The molecule has 0 fully saturated rings. The van der Waals surface area contributed by atoms with Crippen molar-refractivity contribution in [3.63, 3.8) is 0 Å². The molecule has 8 heteroatoms. The molecule has 150 valence electrons. The van der Waals surface area contributed by atoms with Crippen LogP contribution in [0, 0.1) is 0 Å². The summed E-state index contributed by atoms with van der Waals surface area (Å²) >= 11 is 5.96. The van der Waals surface area contributed by atoms with E-state index in [1.54, 1.807) is 37.3 Å². The molecule has 2 amide bonds. The summed E-state index contributed by atoms with van der Waals surface area (Å²) in [5, 5.41) is 6.05. The minimum Gasteiger partial charge on any atom is -0.497 e. The maximum atomic E-state index is 12.2. The number of rotatable bonds is 9. The zero-order chi connectivity index (χ0) is 20.5. The van der Waals surface area contributed by atoms with Gasteiger partial charge in [-0.15, -0.1) is 0 Å². The van der Waals surface area contributed by atoms with Crippen molar-refractivity contribution in [1.29, 1.82) is 0 Å². The maximum Gasteiger partial charge on any atom is 0.238 e. The van der Waals surface area contributed by atoms with Gasteiger partial charge in [-0.1, -0.05) is 23.7 Å². The topological polar surface area (TPSA) is 79.9 Å². The van der Waals surface area contributed by atoms with Gasteiger partial charge < -0.3 is 20.1 Å². The molecule has 0 spiro atoms. The predicted molar refractivity (Wildman–Crippen MR) is 109 cm³/mol. The lowest BCUT2D eigenvalue weighted by atomic mass is 10.2. The molecule has 2 aromatic rings. The molecule has 0 radical (unpaired) electrons. The van der Waals surface area contributed by atoms with Crippen LogP contribution in [0.1, 0.15) is 5.56 Å². The summed E-state index contributed by atoms with van der Waals surface area (Å²) in [4.78, 5) is 26.0. The highest BCUT2D eigenvalue weighted by molar-refractivity contribution is 6.31. The number of carbonyl (C=O) groups excluding carboxylic acids is 2. The van der Waals surface area contributed by atoms with Crippen molar-refractivity contribution in [3.8, 4) is 11.5 Å². The summed E-state index contributed by atoms with van der Waals surface area (Å²) < 4.78 is 10.4. The molecule has 0 heterocycles. The third-order valence-corrected chi connectivity index (χ3v) is 4.12. The molecular formula is C20H24ClN3O4. The molecule has 0 unspecified atom stereocenters. The van der Waals surface area contributed by atoms with Gasteiger partial charge in [0.1, 0.15) is 11.5 Å². The van der Waals surface area contributed by atoms with Crippen LogP contribution in [0.15, 0.2) is 42.5 Å². The van der Waals surface area contributed by atoms with Crippen molar-refractivity contribution >= 4 is 29.1 Å². The first-order valence-corrected chi connectivity index (χ1v) is 9.00. The largest absolute Gasteiger partial charge is 0.497 e. The number of likely N-dealkylation sites (N-methyl/N-ethyl adjacent to an activating group) is 1. The van der Waals surface area contributed by atoms with Gasteiger partial charge >= 0.3 is 0 Å². The summed E-state index contributed by atoms with van der Waals surface area (Å²) in [6, 6.07) is 12.4. The van der Waals surface area contributed by atoms with E-state index in [0.717, 1.165) is 11.3 Å². The Morgan fingerprint density at radius 1 is 1.04 bits per heavy atom. The second-order valence-electron chi connectivity index (χ2n) is 6.19. The Bertz CT molecular complexity index is 829. The molecule has 0 aliphatic rings. The molecule has 0 aromatic heterocycles. The maximum absolute atomic E-state index is 12.2. The van der Waals surface area contributed by atoms with Gasteiger partial charge in [0.05, 0.1) is 33.0 Å². The van der Waals surface area contributed by atoms with Gasteiger partial charge in [0.25, 0.3) is 0 Å². The van der Waals surface area contributed by atoms with Crippen LogP contribution >= 0.6 is 11.6 Å². The quantitative estimate of drug-likeness (QED) is 0.670. The summed E-state index contributed by atoms with van der Waals surface area (Å²) in [5.74, 6) is 0.788. The first-order chi connectivity index (χ1) is 13.4. The molecule has 0 saturated carbocycles. The van der Waals surface area contributed by atoms with E-state index in [-0.39, 0.29) is 24.9 Å². The van der Waals surface area contributed by atoms with Crippen LogP contribution < -0.4 is 20.1 Å². The average molecular weight is 406 g/mol. The highest BCUT2D eigenvalue weighted by Crippen LogP contribution is 2.27. The average Bonchev–Trinajstić information content (AvgIpc) is 2.66. The normalized spacial score (nSPS) is 10.5. The Kier molecular flexibility index (Phi) is 8.10. The second kappa shape index (κ2) is 10.5. The van der Waals surface area contributed by atoms with Gasteiger partial charge in [-0.2, -0.15) is 0 Å². The van der Waals surface area contributed by atoms with E-state index in [2.05, 4.69) is 10.6 Å². The number of hydrogen-bond acceptors (Lipinski definition) is 5. The number of nitrogens with one attached hydrogen (secondary N) is 2. The van der Waals surface area contributed by atoms with Crippen molar-refractivity contribution in [2.75, 3.05) is 39.7 Å². The van der Waals surface area contributed by atoms with E-state index >= 15 is 0 Å². The number of ether oxygens (including phenoxy) is 2. The molecule has 2 N–H and O–H groups in total. The fraction of sp³-hybridized carbons (Fsp3) is 0.300. The Balaban J connectivity index is 1.80. The number of anilines is 1. The highest BCUT2D eigenvalue weighted by atomic mass is 35.5. The van der Waals surface area contributed by atoms with E-state index in [0.29, 0.717) is 23.0 Å². The van der Waals surface area contributed by atoms with Gasteiger partial charge in [0, 0.05) is 11.6 Å². The standard InChI is InChI=1S/C20H24ClN3O4/c1-24(12-19(25)22-11-14-5-4-6-16(9-14)27-2)13-20(26)23-17-10-15(21)7-8-18(17)28-3/h4-10H,11-13H2,1-3H3,(H,22,25)(H,23,26). The fourth-order valence-electron chi connectivity index (χ4n) is 2.55. The van der Waals surface area contributed by atoms with E-state index in [4.69, 9.17) is 21.1 Å². The lowest BCUT2D eigenvalue weighted by molar-refractivity contribution is -0.123.